The number of hydrogen-bond acceptors (Lipinski definition) is 0. The molecule has 1 aliphatic rings. The summed E-state index contributed by atoms with van der Waals surface area (Å²) in [6.45, 7) is 2.28. The van der Waals surface area contributed by atoms with Crippen molar-refractivity contribution < 1.29 is 0 Å². The Kier molecular flexibility index (Phi) is 16.7. The maximum atomic E-state index is 2.57. The molecule has 0 aliphatic heterocycles. The van der Waals surface area contributed by atoms with Crippen LogP contribution in [0.3, 0.4) is 0 Å². The molecule has 0 atom stereocenters. The molecule has 1 rings (SSSR count). The van der Waals surface area contributed by atoms with Crippen LogP contribution < -0.4 is 0 Å². The predicted octanol–water partition coefficient (Wildman–Crippen LogP) is 6.64. The van der Waals surface area contributed by atoms with Gasteiger partial charge in [0.05, 0.1) is 0 Å². The van der Waals surface area contributed by atoms with Crippen molar-refractivity contribution >= 4 is 39.5 Å². The molecular formula is C18H42Sn2. The molecule has 0 bridgehead atoms. The van der Waals surface area contributed by atoms with Crippen LogP contribution in [0, 0.1) is 0 Å². The predicted molar refractivity (Wildman–Crippen MR) is 103 cm³/mol. The van der Waals surface area contributed by atoms with E-state index in [0.717, 1.165) is 0 Å². The van der Waals surface area contributed by atoms with E-state index in [1.807, 2.05) is 0 Å². The summed E-state index contributed by atoms with van der Waals surface area (Å²) in [6.07, 6.45) is 16.6. The van der Waals surface area contributed by atoms with Gasteiger partial charge in [-0.2, -0.15) is 0 Å². The van der Waals surface area contributed by atoms with Crippen molar-refractivity contribution in [3.63, 3.8) is 0 Å². The third kappa shape index (κ3) is 14.5. The summed E-state index contributed by atoms with van der Waals surface area (Å²) in [6, 6.07) is 0. The molecule has 0 radical (unpaired) electrons. The molecule has 0 spiro atoms. The Morgan fingerprint density at radius 1 is 0.750 bits per heavy atom. The minimum atomic E-state index is -0.860. The second-order valence-corrected chi connectivity index (χ2v) is 27.0. The molecule has 0 unspecified atom stereocenters. The summed E-state index contributed by atoms with van der Waals surface area (Å²) >= 11 is -1.67. The normalized spacial score (nSPS) is 16.4. The molecule has 1 saturated carbocycles. The van der Waals surface area contributed by atoms with E-state index in [4.69, 9.17) is 0 Å². The second-order valence-electron chi connectivity index (χ2n) is 7.59. The standard InChI is InChI=1S/C8H17.C6H11.4CH3.2Sn.2H/c1-3-5-7-8-6-4-2;1-2-4-6-5-3-1;;;;;;;;/h1,3-8H2,2H3;1H,2-6H2;4*1H3;;;;. The Bertz CT molecular complexity index is 184. The third-order valence-electron chi connectivity index (χ3n) is 4.73. The summed E-state index contributed by atoms with van der Waals surface area (Å²) in [7, 11) is 0. The van der Waals surface area contributed by atoms with E-state index in [-0.39, 0.29) is 0 Å². The van der Waals surface area contributed by atoms with Crippen LogP contribution in [0.15, 0.2) is 0 Å². The molecule has 122 valence electrons. The summed E-state index contributed by atoms with van der Waals surface area (Å²) in [4.78, 5) is 10.2. The fourth-order valence-corrected chi connectivity index (χ4v) is 11.4. The fourth-order valence-electron chi connectivity index (χ4n) is 3.13. The van der Waals surface area contributed by atoms with Gasteiger partial charge >= 0.3 is 145 Å². The van der Waals surface area contributed by atoms with Gasteiger partial charge in [-0.1, -0.05) is 0 Å². The molecule has 0 amide bonds. The van der Waals surface area contributed by atoms with Gasteiger partial charge in [0.1, 0.15) is 0 Å². The first kappa shape index (κ1) is 21.6. The van der Waals surface area contributed by atoms with Gasteiger partial charge in [0, 0.05) is 0 Å². The summed E-state index contributed by atoms with van der Waals surface area (Å²) < 4.78 is 2.90. The second kappa shape index (κ2) is 15.5. The van der Waals surface area contributed by atoms with Crippen molar-refractivity contribution in [2.45, 2.75) is 106 Å². The van der Waals surface area contributed by atoms with Crippen molar-refractivity contribution in [2.75, 3.05) is 0 Å². The van der Waals surface area contributed by atoms with Crippen LogP contribution in [-0.2, 0) is 0 Å². The molecule has 2 heteroatoms. The van der Waals surface area contributed by atoms with E-state index < -0.39 is 39.5 Å². The van der Waals surface area contributed by atoms with Crippen LogP contribution in [0.5, 0.6) is 0 Å². The van der Waals surface area contributed by atoms with Crippen LogP contribution in [0.4, 0.5) is 0 Å². The fraction of sp³-hybridized carbons (Fsp3) is 1.00. The van der Waals surface area contributed by atoms with E-state index in [1.165, 1.54) is 48.9 Å². The van der Waals surface area contributed by atoms with Crippen molar-refractivity contribution in [3.8, 4) is 0 Å². The molecule has 0 N–H and O–H groups in total. The zero-order chi connectivity index (χ0) is 15.2. The molecule has 1 fully saturated rings. The van der Waals surface area contributed by atoms with E-state index >= 15 is 0 Å². The first-order valence-electron chi connectivity index (χ1n) is 9.57. The van der Waals surface area contributed by atoms with Gasteiger partial charge in [0.25, 0.3) is 0 Å². The van der Waals surface area contributed by atoms with E-state index in [0.29, 0.717) is 0 Å². The minimum absolute atomic E-state index is 0.810. The van der Waals surface area contributed by atoms with Crippen LogP contribution in [0.1, 0.15) is 77.6 Å². The van der Waals surface area contributed by atoms with Gasteiger partial charge in [-0.3, -0.25) is 0 Å². The van der Waals surface area contributed by atoms with Crippen LogP contribution in [0.25, 0.3) is 0 Å². The zero-order valence-electron chi connectivity index (χ0n) is 15.2. The quantitative estimate of drug-likeness (QED) is 0.261. The molecule has 1 aliphatic carbocycles. The Labute approximate surface area is 144 Å². The van der Waals surface area contributed by atoms with Gasteiger partial charge in [-0.05, 0) is 0 Å². The maximum absolute atomic E-state index is 2.57. The SMILES string of the molecule is CCCCCCC[CH2][SnH]([CH3])[CH3].[CH3][SnH]([CH3])[CH]1CCCCC1. The van der Waals surface area contributed by atoms with E-state index in [1.54, 1.807) is 30.1 Å². The zero-order valence-corrected chi connectivity index (χ0v) is 21.8. The average Bonchev–Trinajstić information content (AvgIpc) is 2.44. The van der Waals surface area contributed by atoms with Crippen molar-refractivity contribution in [1.29, 1.82) is 0 Å². The summed E-state index contributed by atoms with van der Waals surface area (Å²) in [5.41, 5.74) is 0. The van der Waals surface area contributed by atoms with E-state index in [9.17, 15) is 0 Å². The van der Waals surface area contributed by atoms with E-state index in [2.05, 4.69) is 26.7 Å². The molecule has 20 heavy (non-hydrogen) atoms. The molecule has 0 aromatic heterocycles. The van der Waals surface area contributed by atoms with Crippen LogP contribution in [-0.4, -0.2) is 39.5 Å². The molecule has 0 aromatic rings. The third-order valence-corrected chi connectivity index (χ3v) is 16.5. The first-order valence-corrected chi connectivity index (χ1v) is 27.0. The topological polar surface area (TPSA) is 0 Å². The molecule has 0 heterocycles. The Morgan fingerprint density at radius 3 is 1.75 bits per heavy atom. The average molecular weight is 496 g/mol. The Hall–Kier alpha value is 1.60. The summed E-state index contributed by atoms with van der Waals surface area (Å²) in [5, 5.41) is 0. The van der Waals surface area contributed by atoms with Gasteiger partial charge in [-0.15, -0.1) is 0 Å². The molecule has 0 nitrogen and oxygen atoms in total. The van der Waals surface area contributed by atoms with Gasteiger partial charge in [0.15, 0.2) is 0 Å². The monoisotopic (exact) mass is 498 g/mol. The molecular weight excluding hydrogens is 454 g/mol. The van der Waals surface area contributed by atoms with Gasteiger partial charge in [-0.25, -0.2) is 0 Å². The number of rotatable bonds is 8. The van der Waals surface area contributed by atoms with Crippen molar-refractivity contribution in [1.82, 2.24) is 0 Å². The number of hydrogen-bond donors (Lipinski definition) is 0. The molecule has 0 saturated heterocycles. The summed E-state index contributed by atoms with van der Waals surface area (Å²) in [5.74, 6) is 0. The van der Waals surface area contributed by atoms with Crippen LogP contribution in [0.2, 0.25) is 28.1 Å². The Morgan fingerprint density at radius 2 is 1.30 bits per heavy atom. The van der Waals surface area contributed by atoms with Crippen molar-refractivity contribution in [3.05, 3.63) is 0 Å². The number of unbranched alkanes of at least 4 members (excludes halogenated alkanes) is 5. The first-order chi connectivity index (χ1) is 9.57. The van der Waals surface area contributed by atoms with Gasteiger partial charge < -0.3 is 0 Å². The van der Waals surface area contributed by atoms with Crippen molar-refractivity contribution in [2.24, 2.45) is 0 Å². The Balaban J connectivity index is 0.000000367. The van der Waals surface area contributed by atoms with Gasteiger partial charge in [0.2, 0.25) is 0 Å². The van der Waals surface area contributed by atoms with Crippen LogP contribution >= 0.6 is 0 Å². The molecule has 0 aromatic carbocycles.